The normalized spacial score (nSPS) is 36.5. The number of rotatable bonds is 4. The van der Waals surface area contributed by atoms with Gasteiger partial charge in [0.2, 0.25) is 0 Å². The zero-order valence-corrected chi connectivity index (χ0v) is 28.5. The Morgan fingerprint density at radius 2 is 1.43 bits per heavy atom. The summed E-state index contributed by atoms with van der Waals surface area (Å²) in [6.07, 6.45) is 2.18. The average Bonchev–Trinajstić information content (AvgIpc) is 3.29. The van der Waals surface area contributed by atoms with E-state index in [1.807, 2.05) is 48.5 Å². The van der Waals surface area contributed by atoms with Crippen LogP contribution in [-0.2, 0) is 9.47 Å². The number of benzene rings is 2. The molecule has 2 aromatic carbocycles. The second-order valence-corrected chi connectivity index (χ2v) is 16.8. The molecule has 1 spiro atoms. The summed E-state index contributed by atoms with van der Waals surface area (Å²) in [4.78, 5) is 0.847. The smallest absolute Gasteiger partial charge is 0.338 e. The topological polar surface area (TPSA) is 58.9 Å². The van der Waals surface area contributed by atoms with E-state index in [1.165, 1.54) is 0 Å². The van der Waals surface area contributed by atoms with Gasteiger partial charge in [0.15, 0.2) is 5.79 Å². The fourth-order valence-corrected chi connectivity index (χ4v) is 10.1. The molecule has 9 heteroatoms. The van der Waals surface area contributed by atoms with E-state index in [4.69, 9.17) is 9.47 Å². The first-order chi connectivity index (χ1) is 21.8. The third kappa shape index (κ3) is 5.07. The molecular formula is C38H46F4O4S. The van der Waals surface area contributed by atoms with Gasteiger partial charge in [-0.05, 0) is 84.8 Å². The van der Waals surface area contributed by atoms with Crippen LogP contribution in [0.15, 0.2) is 64.6 Å². The summed E-state index contributed by atoms with van der Waals surface area (Å²) in [5, 5.41) is 24.2. The molecule has 2 aromatic rings. The Morgan fingerprint density at radius 1 is 0.830 bits per heavy atom. The van der Waals surface area contributed by atoms with Gasteiger partial charge < -0.3 is 19.7 Å². The van der Waals surface area contributed by atoms with Gasteiger partial charge in [0, 0.05) is 41.4 Å². The molecule has 0 bridgehead atoms. The molecule has 2 N–H and O–H groups in total. The van der Waals surface area contributed by atoms with Crippen LogP contribution in [0.1, 0.15) is 90.5 Å². The zero-order chi connectivity index (χ0) is 33.8. The lowest BCUT2D eigenvalue weighted by atomic mass is 9.49. The van der Waals surface area contributed by atoms with Crippen LogP contribution < -0.4 is 0 Å². The van der Waals surface area contributed by atoms with Crippen LogP contribution in [0.2, 0.25) is 0 Å². The number of alkyl halides is 4. The van der Waals surface area contributed by atoms with Crippen molar-refractivity contribution in [2.45, 2.75) is 119 Å². The lowest BCUT2D eigenvalue weighted by Gasteiger charge is -2.59. The maximum absolute atomic E-state index is 15.8. The van der Waals surface area contributed by atoms with Crippen LogP contribution >= 0.6 is 12.6 Å². The van der Waals surface area contributed by atoms with E-state index in [-0.39, 0.29) is 31.1 Å². The van der Waals surface area contributed by atoms with E-state index in [1.54, 1.807) is 6.92 Å². The van der Waals surface area contributed by atoms with Gasteiger partial charge in [-0.2, -0.15) is 8.78 Å². The molecule has 0 amide bonds. The van der Waals surface area contributed by atoms with Crippen molar-refractivity contribution in [3.8, 4) is 11.1 Å². The van der Waals surface area contributed by atoms with Gasteiger partial charge in [0.25, 0.3) is 0 Å². The summed E-state index contributed by atoms with van der Waals surface area (Å²) in [7, 11) is 0. The highest BCUT2D eigenvalue weighted by molar-refractivity contribution is 7.80. The molecule has 256 valence electrons. The van der Waals surface area contributed by atoms with Gasteiger partial charge in [0.1, 0.15) is 5.60 Å². The summed E-state index contributed by atoms with van der Waals surface area (Å²) in [6, 6.07) is 15.7. The quantitative estimate of drug-likeness (QED) is 0.172. The minimum absolute atomic E-state index is 0.0747. The zero-order valence-electron chi connectivity index (χ0n) is 27.6. The highest BCUT2D eigenvalue weighted by atomic mass is 32.1. The fourth-order valence-electron chi connectivity index (χ4n) is 10.00. The molecule has 0 radical (unpaired) electrons. The standard InChI is InChI=1S/C38H46F4O4S/c1-32(2)21-45-36(46-22-32)17-14-30-31-27(13-16-35(30,43)20-36)29-15-18-37(44,38(41,42)34(4,39)40)33(29,3)19-28(31)25-7-5-23(6-8-25)24-9-11-26(47)12-10-24/h5-12,27-29,43-44,47H,13-22H2,1-4H3. The van der Waals surface area contributed by atoms with Crippen molar-refractivity contribution < 1.29 is 37.2 Å². The number of allylic oxidation sites excluding steroid dienone is 1. The summed E-state index contributed by atoms with van der Waals surface area (Å²) in [6.45, 7) is 7.04. The largest absolute Gasteiger partial charge is 0.385 e. The summed E-state index contributed by atoms with van der Waals surface area (Å²) >= 11 is 4.38. The predicted octanol–water partition coefficient (Wildman–Crippen LogP) is 8.96. The van der Waals surface area contributed by atoms with Crippen molar-refractivity contribution >= 4 is 12.6 Å². The molecule has 0 aromatic heterocycles. The SMILES string of the molecule is CC1(C)COC2(CCC3=C4C(c5ccc(-c6ccc(S)cc6)cc5)CC5(C)C(CCC5(O)C(F)(F)C(C)(F)F)C4CCC3(O)C2)OC1. The minimum atomic E-state index is -4.61. The van der Waals surface area contributed by atoms with Gasteiger partial charge in [-0.1, -0.05) is 62.7 Å². The molecule has 1 aliphatic heterocycles. The van der Waals surface area contributed by atoms with Crippen LogP contribution in [-0.4, -0.2) is 52.3 Å². The molecular weight excluding hydrogens is 628 g/mol. The molecule has 4 fully saturated rings. The van der Waals surface area contributed by atoms with Crippen molar-refractivity contribution in [3.05, 3.63) is 65.2 Å². The maximum Gasteiger partial charge on any atom is 0.338 e. The molecule has 6 atom stereocenters. The highest BCUT2D eigenvalue weighted by Gasteiger charge is 2.77. The van der Waals surface area contributed by atoms with Crippen LogP contribution in [0.5, 0.6) is 0 Å². The first-order valence-electron chi connectivity index (χ1n) is 16.9. The first-order valence-corrected chi connectivity index (χ1v) is 17.4. The monoisotopic (exact) mass is 674 g/mol. The van der Waals surface area contributed by atoms with Crippen LogP contribution in [0, 0.1) is 22.7 Å². The van der Waals surface area contributed by atoms with Gasteiger partial charge in [0.05, 0.1) is 18.8 Å². The van der Waals surface area contributed by atoms with Gasteiger partial charge in [-0.3, -0.25) is 0 Å². The Morgan fingerprint density at radius 3 is 2.02 bits per heavy atom. The van der Waals surface area contributed by atoms with Crippen molar-refractivity contribution in [2.75, 3.05) is 13.2 Å². The van der Waals surface area contributed by atoms with Gasteiger partial charge in [-0.25, -0.2) is 8.78 Å². The fraction of sp³-hybridized carbons (Fsp3) is 0.632. The average molecular weight is 675 g/mol. The molecule has 7 rings (SSSR count). The lowest BCUT2D eigenvalue weighted by molar-refractivity contribution is -0.323. The number of hydrogen-bond acceptors (Lipinski definition) is 5. The van der Waals surface area contributed by atoms with E-state index < -0.39 is 52.5 Å². The van der Waals surface area contributed by atoms with Crippen molar-refractivity contribution in [2.24, 2.45) is 22.7 Å². The Labute approximate surface area is 280 Å². The van der Waals surface area contributed by atoms with E-state index in [0.717, 1.165) is 32.7 Å². The molecule has 4 nitrogen and oxygen atoms in total. The summed E-state index contributed by atoms with van der Waals surface area (Å²) < 4.78 is 73.4. The van der Waals surface area contributed by atoms with Crippen LogP contribution in [0.25, 0.3) is 11.1 Å². The van der Waals surface area contributed by atoms with E-state index in [0.29, 0.717) is 45.3 Å². The second-order valence-electron chi connectivity index (χ2n) is 16.3. The Bertz CT molecular complexity index is 1560. The summed E-state index contributed by atoms with van der Waals surface area (Å²) in [5.74, 6) is -11.0. The number of halogens is 4. The third-order valence-corrected chi connectivity index (χ3v) is 12.9. The molecule has 47 heavy (non-hydrogen) atoms. The second kappa shape index (κ2) is 10.8. The predicted molar refractivity (Wildman–Crippen MR) is 175 cm³/mol. The van der Waals surface area contributed by atoms with Gasteiger partial charge in [-0.15, -0.1) is 12.6 Å². The molecule has 6 unspecified atom stereocenters. The molecule has 3 saturated carbocycles. The van der Waals surface area contributed by atoms with Gasteiger partial charge >= 0.3 is 11.8 Å². The number of ether oxygens (including phenoxy) is 2. The van der Waals surface area contributed by atoms with Crippen molar-refractivity contribution in [1.29, 1.82) is 0 Å². The molecule has 1 saturated heterocycles. The third-order valence-electron chi connectivity index (χ3n) is 12.6. The van der Waals surface area contributed by atoms with E-state index in [2.05, 4.69) is 26.5 Å². The Kier molecular flexibility index (Phi) is 7.71. The number of fused-ring (bicyclic) bond motifs is 4. The minimum Gasteiger partial charge on any atom is -0.385 e. The Balaban J connectivity index is 1.32. The number of thiol groups is 1. The number of aliphatic hydroxyl groups is 2. The summed E-state index contributed by atoms with van der Waals surface area (Å²) in [5.41, 5.74) is -0.892. The molecule has 4 aliphatic carbocycles. The van der Waals surface area contributed by atoms with E-state index >= 15 is 8.78 Å². The van der Waals surface area contributed by atoms with Crippen molar-refractivity contribution in [3.63, 3.8) is 0 Å². The van der Waals surface area contributed by atoms with Crippen molar-refractivity contribution in [1.82, 2.24) is 0 Å². The maximum atomic E-state index is 15.8. The highest BCUT2D eigenvalue weighted by Crippen LogP contribution is 2.71. The molecule has 1 heterocycles. The number of hydrogen-bond donors (Lipinski definition) is 3. The Hall–Kier alpha value is -1.91. The van der Waals surface area contributed by atoms with Crippen LogP contribution in [0.4, 0.5) is 17.6 Å². The van der Waals surface area contributed by atoms with E-state index in [9.17, 15) is 19.0 Å². The first kappa shape index (κ1) is 33.6. The van der Waals surface area contributed by atoms with Crippen LogP contribution in [0.3, 0.4) is 0 Å². The molecule has 5 aliphatic rings. The lowest BCUT2D eigenvalue weighted by Crippen LogP contribution is -2.66.